The summed E-state index contributed by atoms with van der Waals surface area (Å²) in [5.74, 6) is -0.456. The Bertz CT molecular complexity index is 2740. The van der Waals surface area contributed by atoms with Gasteiger partial charge in [-0.25, -0.2) is 18.1 Å². The second-order valence-corrected chi connectivity index (χ2v) is 21.3. The number of ether oxygens (including phenoxy) is 2. The molecule has 67 heavy (non-hydrogen) atoms. The number of hydrogen-bond acceptors (Lipinski definition) is 12. The molecule has 1 saturated carbocycles. The number of nitrogens with zero attached hydrogens (tertiary/aromatic N) is 4. The van der Waals surface area contributed by atoms with Crippen LogP contribution in [0.15, 0.2) is 95.7 Å². The molecule has 4 N–H and O–H groups in total. The number of aromatic amines is 1. The van der Waals surface area contributed by atoms with Gasteiger partial charge in [-0.1, -0.05) is 43.2 Å². The summed E-state index contributed by atoms with van der Waals surface area (Å²) in [6, 6.07) is 21.4. The Balaban J connectivity index is 0.894. The number of rotatable bonds is 14. The Morgan fingerprint density at radius 3 is 2.42 bits per heavy atom. The molecule has 3 fully saturated rings. The minimum atomic E-state index is -4.57. The van der Waals surface area contributed by atoms with Gasteiger partial charge in [0.1, 0.15) is 22.8 Å². The van der Waals surface area contributed by atoms with E-state index in [0.717, 1.165) is 126 Å². The van der Waals surface area contributed by atoms with Crippen molar-refractivity contribution in [3.05, 3.63) is 117 Å². The molecule has 15 nitrogen and oxygen atoms in total. The molecule has 0 bridgehead atoms. The van der Waals surface area contributed by atoms with Gasteiger partial charge in [0, 0.05) is 98.5 Å². The van der Waals surface area contributed by atoms with Crippen molar-refractivity contribution in [2.45, 2.75) is 94.7 Å². The Morgan fingerprint density at radius 1 is 0.940 bits per heavy atom. The Hall–Kier alpha value is -5.52. The van der Waals surface area contributed by atoms with Crippen LogP contribution in [0.3, 0.4) is 0 Å². The minimum Gasteiger partial charge on any atom is -0.455 e. The third kappa shape index (κ3) is 11.3. The molecular formula is C50H59ClN8O7S. The molecule has 4 heterocycles. The van der Waals surface area contributed by atoms with Crippen LogP contribution in [-0.4, -0.2) is 98.2 Å². The summed E-state index contributed by atoms with van der Waals surface area (Å²) in [7, 11) is -4.57. The highest BCUT2D eigenvalue weighted by molar-refractivity contribution is 7.90. The summed E-state index contributed by atoms with van der Waals surface area (Å²) < 4.78 is 41.7. The van der Waals surface area contributed by atoms with Crippen molar-refractivity contribution in [1.29, 1.82) is 0 Å². The van der Waals surface area contributed by atoms with Crippen LogP contribution in [0.5, 0.6) is 11.5 Å². The van der Waals surface area contributed by atoms with E-state index in [-0.39, 0.29) is 34.1 Å². The molecule has 9 rings (SSSR count). The van der Waals surface area contributed by atoms with Gasteiger partial charge in [0.05, 0.1) is 21.6 Å². The van der Waals surface area contributed by atoms with E-state index in [2.05, 4.69) is 61.1 Å². The predicted octanol–water partition coefficient (Wildman–Crippen LogP) is 9.31. The third-order valence-corrected chi connectivity index (χ3v) is 15.4. The summed E-state index contributed by atoms with van der Waals surface area (Å²) in [5.41, 5.74) is 5.63. The molecule has 0 atom stereocenters. The number of benzene rings is 3. The monoisotopic (exact) mass is 950 g/mol. The fraction of sp³-hybridized carbons (Fsp3) is 0.440. The molecule has 4 aliphatic rings. The maximum absolute atomic E-state index is 14.0. The van der Waals surface area contributed by atoms with Gasteiger partial charge in [-0.15, -0.1) is 0 Å². The molecule has 2 saturated heterocycles. The predicted molar refractivity (Wildman–Crippen MR) is 262 cm³/mol. The second kappa shape index (κ2) is 20.0. The SMILES string of the molecule is CC1(C)CCC(CN2CCN(c3ccc(C(=O)NS(=O)(=O)c4ccc(N[C@H]5CC[C@H](NC6CCOCC6)CC5)c([N+](=O)[O-])c4)c(Oc4cnc5[nH]ccc5c4)c3)CC2)=C(c2ccc(Cl)cc2)C1. The first-order valence-corrected chi connectivity index (χ1v) is 25.3. The molecular weight excluding hydrogens is 892 g/mol. The minimum absolute atomic E-state index is 0.00646. The highest BCUT2D eigenvalue weighted by atomic mass is 35.5. The van der Waals surface area contributed by atoms with Crippen LogP contribution in [0, 0.1) is 15.5 Å². The molecule has 0 radical (unpaired) electrons. The van der Waals surface area contributed by atoms with Crippen LogP contribution >= 0.6 is 11.6 Å². The van der Waals surface area contributed by atoms with Crippen LogP contribution < -0.4 is 25.0 Å². The number of aromatic nitrogens is 2. The average Bonchev–Trinajstić information content (AvgIpc) is 3.79. The molecule has 2 aliphatic heterocycles. The van der Waals surface area contributed by atoms with E-state index in [9.17, 15) is 23.3 Å². The number of carbonyl (C=O) groups is 1. The second-order valence-electron chi connectivity index (χ2n) is 19.2. The van der Waals surface area contributed by atoms with Crippen LogP contribution in [-0.2, 0) is 14.8 Å². The van der Waals surface area contributed by atoms with Crippen LogP contribution in [0.25, 0.3) is 16.6 Å². The summed E-state index contributed by atoms with van der Waals surface area (Å²) in [6.45, 7) is 10.2. The van der Waals surface area contributed by atoms with Crippen LogP contribution in [0.4, 0.5) is 17.1 Å². The van der Waals surface area contributed by atoms with Crippen molar-refractivity contribution in [2.75, 3.05) is 56.2 Å². The number of anilines is 2. The number of nitro benzene ring substituents is 1. The lowest BCUT2D eigenvalue weighted by atomic mass is 9.72. The molecule has 0 spiro atoms. The van der Waals surface area contributed by atoms with Gasteiger partial charge in [0.15, 0.2) is 0 Å². The number of fused-ring (bicyclic) bond motifs is 1. The summed E-state index contributed by atoms with van der Waals surface area (Å²) >= 11 is 6.25. The van der Waals surface area contributed by atoms with Crippen molar-refractivity contribution in [3.63, 3.8) is 0 Å². The van der Waals surface area contributed by atoms with Crippen LogP contribution in [0.2, 0.25) is 5.02 Å². The summed E-state index contributed by atoms with van der Waals surface area (Å²) in [4.78, 5) is 37.6. The van der Waals surface area contributed by atoms with Crippen LogP contribution in [0.1, 0.15) is 87.6 Å². The first-order chi connectivity index (χ1) is 32.2. The third-order valence-electron chi connectivity index (χ3n) is 13.8. The van der Waals surface area contributed by atoms with Crippen molar-refractivity contribution < 1.29 is 27.6 Å². The highest BCUT2D eigenvalue weighted by Gasteiger charge is 2.32. The fourth-order valence-corrected chi connectivity index (χ4v) is 11.1. The highest BCUT2D eigenvalue weighted by Crippen LogP contribution is 2.44. The zero-order valence-corrected chi connectivity index (χ0v) is 39.6. The maximum Gasteiger partial charge on any atom is 0.293 e. The molecule has 3 aromatic carbocycles. The lowest BCUT2D eigenvalue weighted by Crippen LogP contribution is -2.47. The fourth-order valence-electron chi connectivity index (χ4n) is 9.99. The van der Waals surface area contributed by atoms with Gasteiger partial charge in [-0.05, 0) is 123 Å². The van der Waals surface area contributed by atoms with E-state index in [1.807, 2.05) is 18.2 Å². The lowest BCUT2D eigenvalue weighted by molar-refractivity contribution is -0.384. The number of carbonyl (C=O) groups excluding carboxylic acids is 1. The van der Waals surface area contributed by atoms with Gasteiger partial charge in [0.25, 0.3) is 21.6 Å². The Morgan fingerprint density at radius 2 is 1.67 bits per heavy atom. The maximum atomic E-state index is 14.0. The van der Waals surface area contributed by atoms with E-state index >= 15 is 0 Å². The standard InChI is InChI=1S/C50H59ClN8O7S/c1-50(2)19-15-35(44(30-50)33-3-5-36(51)6-4-33)32-57-21-23-58(24-22-57)40-11-13-43(47(28-40)66-41-27-34-16-20-52-48(34)53-31-41)49(60)56-67(63,64)42-12-14-45(46(29-42)59(61)62)55-38-9-7-37(8-10-38)54-39-17-25-65-26-18-39/h3-6,11-14,16,20,27-29,31,37-39,54-55H,7-10,15,17-19,21-26,30,32H2,1-2H3,(H,52,53)(H,56,60)/t37-,38-. The Labute approximate surface area is 396 Å². The number of sulfonamides is 1. The Kier molecular flexibility index (Phi) is 13.9. The summed E-state index contributed by atoms with van der Waals surface area (Å²) in [6.07, 6.45) is 12.0. The van der Waals surface area contributed by atoms with Crippen molar-refractivity contribution in [2.24, 2.45) is 5.41 Å². The quantitative estimate of drug-likeness (QED) is 0.0612. The van der Waals surface area contributed by atoms with E-state index < -0.39 is 25.7 Å². The number of H-pyrrole nitrogens is 1. The number of pyridine rings is 1. The molecule has 1 amide bonds. The number of nitro groups is 1. The normalized spacial score (nSPS) is 20.7. The van der Waals surface area contributed by atoms with Gasteiger partial charge >= 0.3 is 0 Å². The van der Waals surface area contributed by atoms with Gasteiger partial charge in [-0.2, -0.15) is 0 Å². The molecule has 0 unspecified atom stereocenters. The topological polar surface area (TPSA) is 184 Å². The van der Waals surface area contributed by atoms with E-state index in [4.69, 9.17) is 21.1 Å². The first-order valence-electron chi connectivity index (χ1n) is 23.4. The lowest BCUT2D eigenvalue weighted by Gasteiger charge is -2.39. The zero-order chi connectivity index (χ0) is 46.7. The largest absolute Gasteiger partial charge is 0.455 e. The van der Waals surface area contributed by atoms with E-state index in [1.54, 1.807) is 30.5 Å². The van der Waals surface area contributed by atoms with Crippen molar-refractivity contribution in [3.8, 4) is 11.5 Å². The average molecular weight is 952 g/mol. The number of amides is 1. The molecule has 2 aromatic heterocycles. The van der Waals surface area contributed by atoms with Gasteiger partial charge in [0.2, 0.25) is 0 Å². The number of piperazine rings is 1. The molecule has 354 valence electrons. The number of halogens is 1. The van der Waals surface area contributed by atoms with Gasteiger partial charge in [-0.3, -0.25) is 19.8 Å². The smallest absolute Gasteiger partial charge is 0.293 e. The number of hydrogen-bond donors (Lipinski definition) is 4. The first kappa shape index (κ1) is 46.6. The van der Waals surface area contributed by atoms with Crippen molar-refractivity contribution >= 4 is 61.2 Å². The number of nitrogens with one attached hydrogen (secondary N) is 4. The molecule has 5 aromatic rings. The molecule has 2 aliphatic carbocycles. The molecule has 17 heteroatoms. The van der Waals surface area contributed by atoms with Gasteiger partial charge < -0.3 is 30.0 Å². The van der Waals surface area contributed by atoms with E-state index in [1.165, 1.54) is 35.0 Å². The van der Waals surface area contributed by atoms with Crippen molar-refractivity contribution in [1.82, 2.24) is 24.9 Å². The zero-order valence-electron chi connectivity index (χ0n) is 38.1. The van der Waals surface area contributed by atoms with E-state index in [0.29, 0.717) is 23.5 Å². The number of allylic oxidation sites excluding steroid dienone is 1. The summed E-state index contributed by atoms with van der Waals surface area (Å²) in [5, 5.41) is 20.9.